The quantitative estimate of drug-likeness (QED) is 0.312. The minimum Gasteiger partial charge on any atom is -0.497 e. The number of nitrogens with one attached hydrogen (secondary N) is 2. The second-order valence-electron chi connectivity index (χ2n) is 6.30. The minimum absolute atomic E-state index is 0.142. The highest BCUT2D eigenvalue weighted by atomic mass is 32.2. The molecule has 0 atom stereocenters. The fraction of sp³-hybridized carbons (Fsp3) is 0.190. The van der Waals surface area contributed by atoms with Gasteiger partial charge in [0.1, 0.15) is 16.3 Å². The van der Waals surface area contributed by atoms with E-state index in [4.69, 9.17) is 13.9 Å². The molecule has 0 aliphatic rings. The number of anilines is 1. The van der Waals surface area contributed by atoms with E-state index >= 15 is 0 Å². The van der Waals surface area contributed by atoms with Gasteiger partial charge in [-0.25, -0.2) is 19.6 Å². The lowest BCUT2D eigenvalue weighted by atomic mass is 10.2. The number of hydrogen-bond acceptors (Lipinski definition) is 9. The van der Waals surface area contributed by atoms with Crippen molar-refractivity contribution in [1.29, 1.82) is 0 Å². The van der Waals surface area contributed by atoms with Crippen LogP contribution in [0.3, 0.4) is 0 Å². The zero-order chi connectivity index (χ0) is 23.1. The van der Waals surface area contributed by atoms with E-state index in [0.717, 1.165) is 0 Å². The summed E-state index contributed by atoms with van der Waals surface area (Å²) in [6, 6.07) is 9.19. The Bertz CT molecular complexity index is 1120. The van der Waals surface area contributed by atoms with E-state index in [-0.39, 0.29) is 5.56 Å². The summed E-state index contributed by atoms with van der Waals surface area (Å²) in [4.78, 5) is 45.1. The van der Waals surface area contributed by atoms with Gasteiger partial charge in [-0.2, -0.15) is 0 Å². The number of imide groups is 1. The third-order valence-electron chi connectivity index (χ3n) is 4.13. The number of esters is 1. The molecule has 3 aromatic rings. The van der Waals surface area contributed by atoms with Crippen LogP contribution in [0.15, 0.2) is 52.1 Å². The van der Waals surface area contributed by atoms with E-state index in [1.165, 1.54) is 25.1 Å². The molecule has 10 nitrogen and oxygen atoms in total. The number of nitrogens with zero attached hydrogens (tertiary/aromatic N) is 2. The Morgan fingerprint density at radius 1 is 1.12 bits per heavy atom. The number of aryl methyl sites for hydroxylation is 1. The first-order chi connectivity index (χ1) is 15.4. The molecule has 0 aliphatic carbocycles. The van der Waals surface area contributed by atoms with Gasteiger partial charge in [-0.05, 0) is 49.6 Å². The molecule has 0 unspecified atom stereocenters. The topological polar surface area (TPSA) is 133 Å². The van der Waals surface area contributed by atoms with Crippen molar-refractivity contribution in [1.82, 2.24) is 15.3 Å². The number of methoxy groups -OCH3 is 1. The number of carbonyl (C=O) groups is 3. The number of thioether (sulfide) groups is 1. The summed E-state index contributed by atoms with van der Waals surface area (Å²) in [5.74, 6) is -0.142. The molecule has 2 N–H and O–H groups in total. The number of furan rings is 1. The maximum absolute atomic E-state index is 12.6. The number of carbonyl (C=O) groups excluding carboxylic acids is 3. The lowest BCUT2D eigenvalue weighted by Gasteiger charge is -2.11. The van der Waals surface area contributed by atoms with E-state index in [0.29, 0.717) is 33.7 Å². The van der Waals surface area contributed by atoms with E-state index in [9.17, 15) is 14.4 Å². The van der Waals surface area contributed by atoms with E-state index in [1.54, 1.807) is 49.6 Å². The Morgan fingerprint density at radius 2 is 1.88 bits per heavy atom. The molecule has 2 aromatic heterocycles. The zero-order valence-corrected chi connectivity index (χ0v) is 18.3. The molecule has 0 bridgehead atoms. The molecule has 0 aliphatic heterocycles. The van der Waals surface area contributed by atoms with E-state index in [2.05, 4.69) is 20.6 Å². The monoisotopic (exact) mass is 456 g/mol. The maximum atomic E-state index is 12.6. The molecule has 32 heavy (non-hydrogen) atoms. The van der Waals surface area contributed by atoms with Crippen LogP contribution in [-0.4, -0.2) is 47.8 Å². The highest BCUT2D eigenvalue weighted by Crippen LogP contribution is 2.25. The molecule has 2 heterocycles. The highest BCUT2D eigenvalue weighted by Gasteiger charge is 2.22. The second kappa shape index (κ2) is 10.4. The molecule has 0 saturated carbocycles. The van der Waals surface area contributed by atoms with Gasteiger partial charge in [-0.1, -0.05) is 0 Å². The minimum atomic E-state index is -0.791. The van der Waals surface area contributed by atoms with Gasteiger partial charge in [-0.3, -0.25) is 10.1 Å². The van der Waals surface area contributed by atoms with E-state index in [1.807, 2.05) is 0 Å². The predicted octanol–water partition coefficient (Wildman–Crippen LogP) is 3.28. The van der Waals surface area contributed by atoms with Gasteiger partial charge >= 0.3 is 12.0 Å². The lowest BCUT2D eigenvalue weighted by Crippen LogP contribution is -2.37. The summed E-state index contributed by atoms with van der Waals surface area (Å²) < 4.78 is 15.4. The van der Waals surface area contributed by atoms with Crippen LogP contribution in [-0.2, 0) is 9.53 Å². The van der Waals surface area contributed by atoms with Crippen LogP contribution in [0.1, 0.15) is 16.1 Å². The third kappa shape index (κ3) is 5.64. The van der Waals surface area contributed by atoms with Crippen molar-refractivity contribution < 1.29 is 28.3 Å². The van der Waals surface area contributed by atoms with Crippen LogP contribution in [0.5, 0.6) is 5.75 Å². The maximum Gasteiger partial charge on any atom is 0.343 e. The average Bonchev–Trinajstić information content (AvgIpc) is 3.32. The van der Waals surface area contributed by atoms with Crippen molar-refractivity contribution >= 4 is 35.4 Å². The van der Waals surface area contributed by atoms with Crippen molar-refractivity contribution in [2.75, 3.05) is 25.3 Å². The van der Waals surface area contributed by atoms with Crippen LogP contribution < -0.4 is 15.4 Å². The molecule has 0 fully saturated rings. The Balaban J connectivity index is 1.58. The first kappa shape index (κ1) is 22.8. The first-order valence-corrected chi connectivity index (χ1v) is 10.5. The summed E-state index contributed by atoms with van der Waals surface area (Å²) in [7, 11) is 1.53. The van der Waals surface area contributed by atoms with Crippen LogP contribution in [0.4, 0.5) is 10.5 Å². The molecule has 11 heteroatoms. The fourth-order valence-electron chi connectivity index (χ4n) is 2.65. The Kier molecular flexibility index (Phi) is 7.45. The molecular formula is C21H20N4O6S. The van der Waals surface area contributed by atoms with Crippen molar-refractivity contribution in [2.24, 2.45) is 0 Å². The smallest absolute Gasteiger partial charge is 0.343 e. The largest absolute Gasteiger partial charge is 0.497 e. The zero-order valence-electron chi connectivity index (χ0n) is 17.5. The van der Waals surface area contributed by atoms with Crippen LogP contribution >= 0.6 is 11.8 Å². The average molecular weight is 456 g/mol. The summed E-state index contributed by atoms with van der Waals surface area (Å²) in [6.45, 7) is 0.981. The Labute approximate surface area is 187 Å². The van der Waals surface area contributed by atoms with Gasteiger partial charge in [0.25, 0.3) is 5.91 Å². The number of ether oxygens (including phenoxy) is 2. The first-order valence-electron chi connectivity index (χ1n) is 9.29. The molecule has 166 valence electrons. The van der Waals surface area contributed by atoms with Crippen LogP contribution in [0, 0.1) is 6.92 Å². The number of aromatic nitrogens is 2. The van der Waals surface area contributed by atoms with Gasteiger partial charge in [0.05, 0.1) is 19.1 Å². The van der Waals surface area contributed by atoms with Gasteiger partial charge < -0.3 is 19.2 Å². The Morgan fingerprint density at radius 3 is 2.50 bits per heavy atom. The van der Waals surface area contributed by atoms with Crippen molar-refractivity contribution in [2.45, 2.75) is 11.9 Å². The molecular weight excluding hydrogens is 436 g/mol. The van der Waals surface area contributed by atoms with Crippen LogP contribution in [0.2, 0.25) is 0 Å². The number of benzene rings is 1. The standard InChI is InChI=1S/C21H20N4O6S/c1-12-17(19(32-3)25-18(22-12)15-5-4-10-30-15)20(27)31-11-16(26)24-21(28)23-13-6-8-14(29-2)9-7-13/h4-10H,11H2,1-3H3,(H2,23,24,26,28). The van der Waals surface area contributed by atoms with E-state index < -0.39 is 24.5 Å². The third-order valence-corrected chi connectivity index (χ3v) is 4.81. The van der Waals surface area contributed by atoms with Crippen LogP contribution in [0.25, 0.3) is 11.6 Å². The highest BCUT2D eigenvalue weighted by molar-refractivity contribution is 7.98. The molecule has 0 saturated heterocycles. The van der Waals surface area contributed by atoms with Crippen molar-refractivity contribution in [3.8, 4) is 17.3 Å². The summed E-state index contributed by atoms with van der Waals surface area (Å²) in [5.41, 5.74) is 0.976. The second-order valence-corrected chi connectivity index (χ2v) is 7.10. The molecule has 3 rings (SSSR count). The summed E-state index contributed by atoms with van der Waals surface area (Å²) in [5, 5.41) is 4.96. The predicted molar refractivity (Wildman–Crippen MR) is 117 cm³/mol. The Hall–Kier alpha value is -3.86. The lowest BCUT2D eigenvalue weighted by molar-refractivity contribution is -0.123. The number of hydrogen-bond donors (Lipinski definition) is 2. The molecule has 0 spiro atoms. The normalized spacial score (nSPS) is 10.3. The van der Waals surface area contributed by atoms with Crippen molar-refractivity contribution in [3.05, 3.63) is 53.9 Å². The van der Waals surface area contributed by atoms with Gasteiger partial charge in [0.2, 0.25) is 0 Å². The summed E-state index contributed by atoms with van der Waals surface area (Å²) in [6.07, 6.45) is 3.25. The van der Waals surface area contributed by atoms with Gasteiger partial charge in [-0.15, -0.1) is 11.8 Å². The molecule has 1 aromatic carbocycles. The number of urea groups is 1. The number of amides is 3. The SMILES string of the molecule is COc1ccc(NC(=O)NC(=O)COC(=O)c2c(C)nc(-c3ccco3)nc2SC)cc1. The molecule has 0 radical (unpaired) electrons. The van der Waals surface area contributed by atoms with Gasteiger partial charge in [0, 0.05) is 5.69 Å². The number of rotatable bonds is 7. The molecule has 3 amide bonds. The summed E-state index contributed by atoms with van der Waals surface area (Å²) >= 11 is 1.23. The van der Waals surface area contributed by atoms with Crippen molar-refractivity contribution in [3.63, 3.8) is 0 Å². The van der Waals surface area contributed by atoms with Gasteiger partial charge in [0.15, 0.2) is 18.2 Å². The fourth-order valence-corrected chi connectivity index (χ4v) is 3.26.